The van der Waals surface area contributed by atoms with Gasteiger partial charge in [0.2, 0.25) is 5.95 Å². The highest BCUT2D eigenvalue weighted by Gasteiger charge is 2.46. The van der Waals surface area contributed by atoms with Gasteiger partial charge < -0.3 is 39.2 Å². The van der Waals surface area contributed by atoms with Crippen molar-refractivity contribution in [2.24, 2.45) is 0 Å². The molecule has 3 fully saturated rings. The van der Waals surface area contributed by atoms with Crippen LogP contribution in [0.3, 0.4) is 0 Å². The molecule has 2 aromatic carbocycles. The number of hydrogen-bond acceptors (Lipinski definition) is 12. The number of likely N-dealkylation sites (tertiary alicyclic amines) is 1. The van der Waals surface area contributed by atoms with E-state index in [1.165, 1.54) is 18.5 Å². The number of hydrogen-bond donors (Lipinski definition) is 1. The van der Waals surface area contributed by atoms with Gasteiger partial charge in [0, 0.05) is 56.5 Å². The number of nitrogens with one attached hydrogen (secondary N) is 1. The Morgan fingerprint density at radius 1 is 1.11 bits per heavy atom. The number of nitriles is 1. The van der Waals surface area contributed by atoms with E-state index >= 15 is 0 Å². The first kappa shape index (κ1) is 30.2. The second kappa shape index (κ2) is 12.7. The van der Waals surface area contributed by atoms with Gasteiger partial charge in [0.25, 0.3) is 0 Å². The Bertz CT molecular complexity index is 1590. The van der Waals surface area contributed by atoms with E-state index in [-0.39, 0.29) is 36.1 Å². The van der Waals surface area contributed by atoms with E-state index in [1.807, 2.05) is 24.3 Å². The van der Waals surface area contributed by atoms with E-state index in [0.717, 1.165) is 45.1 Å². The Morgan fingerprint density at radius 2 is 1.91 bits per heavy atom. The SMILES string of the molecule is COc1cc(Nc2ncnc(-c3ccc(OC4CCN(C(=O)[O-])CC4(F)F)c(C#N)c3)n2)ccc1N1CCN(C2COC2)CC1. The summed E-state index contributed by atoms with van der Waals surface area (Å²) in [7, 11) is 1.63. The number of nitrogens with zero attached hydrogens (tertiary/aromatic N) is 7. The summed E-state index contributed by atoms with van der Waals surface area (Å²) in [4.78, 5) is 29.2. The maximum Gasteiger partial charge on any atom is 0.301 e. The van der Waals surface area contributed by atoms with Crippen LogP contribution in [-0.2, 0) is 4.74 Å². The Morgan fingerprint density at radius 3 is 2.58 bits per heavy atom. The first-order chi connectivity index (χ1) is 21.7. The van der Waals surface area contributed by atoms with Crippen molar-refractivity contribution in [1.29, 1.82) is 5.26 Å². The Labute approximate surface area is 258 Å². The van der Waals surface area contributed by atoms with Gasteiger partial charge in [-0.05, 0) is 30.3 Å². The number of methoxy groups -OCH3 is 1. The molecule has 1 amide bonds. The van der Waals surface area contributed by atoms with Crippen LogP contribution in [0, 0.1) is 11.3 Å². The molecule has 1 atom stereocenters. The lowest BCUT2D eigenvalue weighted by Gasteiger charge is -2.43. The summed E-state index contributed by atoms with van der Waals surface area (Å²) in [6.07, 6.45) is -2.20. The second-order valence-corrected chi connectivity index (χ2v) is 11.0. The van der Waals surface area contributed by atoms with Crippen molar-refractivity contribution in [3.8, 4) is 29.0 Å². The number of halogens is 2. The van der Waals surface area contributed by atoms with Crippen LogP contribution in [0.25, 0.3) is 11.4 Å². The summed E-state index contributed by atoms with van der Waals surface area (Å²) in [6.45, 7) is 4.10. The lowest BCUT2D eigenvalue weighted by Crippen LogP contribution is -2.57. The van der Waals surface area contributed by atoms with Gasteiger partial charge in [-0.25, -0.2) is 18.7 Å². The summed E-state index contributed by atoms with van der Waals surface area (Å²) in [6, 6.07) is 12.7. The highest BCUT2D eigenvalue weighted by molar-refractivity contribution is 5.68. The molecule has 0 aliphatic carbocycles. The Hall–Kier alpha value is -4.81. The number of rotatable bonds is 8. The van der Waals surface area contributed by atoms with E-state index in [4.69, 9.17) is 14.2 Å². The van der Waals surface area contributed by atoms with Crippen LogP contribution >= 0.6 is 0 Å². The molecule has 0 bridgehead atoms. The number of carbonyl (C=O) groups excluding carboxylic acids is 1. The molecular weight excluding hydrogens is 590 g/mol. The van der Waals surface area contributed by atoms with Gasteiger partial charge in [-0.2, -0.15) is 10.2 Å². The van der Waals surface area contributed by atoms with Gasteiger partial charge in [-0.15, -0.1) is 0 Å². The number of piperazine rings is 1. The molecule has 3 aliphatic rings. The third-order valence-corrected chi connectivity index (χ3v) is 8.22. The fourth-order valence-electron chi connectivity index (χ4n) is 5.64. The van der Waals surface area contributed by atoms with Crippen LogP contribution in [0.5, 0.6) is 11.5 Å². The summed E-state index contributed by atoms with van der Waals surface area (Å²) < 4.78 is 45.7. The van der Waals surface area contributed by atoms with Crippen LogP contribution in [0.1, 0.15) is 12.0 Å². The van der Waals surface area contributed by atoms with Crippen molar-refractivity contribution in [3.63, 3.8) is 0 Å². The van der Waals surface area contributed by atoms with Gasteiger partial charge in [-0.3, -0.25) is 4.90 Å². The van der Waals surface area contributed by atoms with Gasteiger partial charge in [0.1, 0.15) is 30.0 Å². The topological polar surface area (TPSA) is 152 Å². The fraction of sp³-hybridized carbons (Fsp3) is 0.433. The minimum atomic E-state index is -3.46. The number of ether oxygens (including phenoxy) is 3. The van der Waals surface area contributed by atoms with Crippen molar-refractivity contribution in [3.05, 3.63) is 48.3 Å². The third kappa shape index (κ3) is 6.52. The Kier molecular flexibility index (Phi) is 8.50. The van der Waals surface area contributed by atoms with E-state index < -0.39 is 24.7 Å². The summed E-state index contributed by atoms with van der Waals surface area (Å²) in [5, 5.41) is 23.9. The minimum absolute atomic E-state index is 0.00253. The molecule has 1 unspecified atom stereocenters. The van der Waals surface area contributed by atoms with Gasteiger partial charge in [0.15, 0.2) is 11.9 Å². The molecule has 0 spiro atoms. The molecule has 45 heavy (non-hydrogen) atoms. The van der Waals surface area contributed by atoms with E-state index in [2.05, 4.69) is 30.1 Å². The standard InChI is InChI=1S/C30H32F2N8O5/c1-43-25-13-21(3-4-23(25)39-10-8-38(9-11-39)22-15-44-16-22)36-28-35-18-34-27(37-28)19-2-5-24(20(12-19)14-33)45-26-6-7-40(29(41)42)17-30(26,31)32/h2-5,12-13,18,22,26H,6-11,15-17H2,1H3,(H,41,42)(H,34,35,36,37)/p-1. The molecule has 4 heterocycles. The van der Waals surface area contributed by atoms with Crippen LogP contribution in [0.15, 0.2) is 42.7 Å². The van der Waals surface area contributed by atoms with Crippen molar-refractivity contribution in [2.45, 2.75) is 24.5 Å². The quantitative estimate of drug-likeness (QED) is 0.392. The third-order valence-electron chi connectivity index (χ3n) is 8.22. The summed E-state index contributed by atoms with van der Waals surface area (Å²) >= 11 is 0. The fourth-order valence-corrected chi connectivity index (χ4v) is 5.64. The van der Waals surface area contributed by atoms with Crippen molar-refractivity contribution in [2.75, 3.05) is 69.8 Å². The molecule has 3 saturated heterocycles. The second-order valence-electron chi connectivity index (χ2n) is 11.0. The molecule has 6 rings (SSSR count). The number of piperidine rings is 1. The number of anilines is 3. The van der Waals surface area contributed by atoms with Gasteiger partial charge in [0.05, 0.1) is 44.2 Å². The molecule has 1 aromatic heterocycles. The number of carbonyl (C=O) groups is 1. The summed E-state index contributed by atoms with van der Waals surface area (Å²) in [5.74, 6) is -2.30. The molecule has 236 valence electrons. The Balaban J connectivity index is 1.13. The first-order valence-electron chi connectivity index (χ1n) is 14.5. The molecule has 3 aromatic rings. The van der Waals surface area contributed by atoms with Crippen LogP contribution in [-0.4, -0.2) is 109 Å². The molecule has 0 radical (unpaired) electrons. The maximum atomic E-state index is 14.6. The maximum absolute atomic E-state index is 14.6. The molecule has 0 saturated carbocycles. The zero-order valence-electron chi connectivity index (χ0n) is 24.5. The number of benzene rings is 2. The van der Waals surface area contributed by atoms with Crippen LogP contribution in [0.4, 0.5) is 30.9 Å². The van der Waals surface area contributed by atoms with E-state index in [0.29, 0.717) is 27.9 Å². The normalized spacial score (nSPS) is 20.2. The lowest BCUT2D eigenvalue weighted by atomic mass is 10.0. The predicted octanol–water partition coefficient (Wildman–Crippen LogP) is 2.11. The van der Waals surface area contributed by atoms with Gasteiger partial charge >= 0.3 is 5.92 Å². The molecular formula is C30H31F2N8O5-. The number of alkyl halides is 2. The van der Waals surface area contributed by atoms with Crippen molar-refractivity contribution in [1.82, 2.24) is 24.8 Å². The molecule has 15 heteroatoms. The number of carboxylic acid groups (broad SMARTS) is 1. The first-order valence-corrected chi connectivity index (χ1v) is 14.5. The van der Waals surface area contributed by atoms with E-state index in [9.17, 15) is 23.9 Å². The highest BCUT2D eigenvalue weighted by atomic mass is 19.3. The highest BCUT2D eigenvalue weighted by Crippen LogP contribution is 2.35. The zero-order valence-corrected chi connectivity index (χ0v) is 24.5. The molecule has 3 aliphatic heterocycles. The summed E-state index contributed by atoms with van der Waals surface area (Å²) in [5.41, 5.74) is 2.15. The van der Waals surface area contributed by atoms with Crippen LogP contribution in [0.2, 0.25) is 0 Å². The lowest BCUT2D eigenvalue weighted by molar-refractivity contribution is -0.273. The average Bonchev–Trinajstić information content (AvgIpc) is 3.01. The minimum Gasteiger partial charge on any atom is -0.530 e. The van der Waals surface area contributed by atoms with Crippen molar-refractivity contribution >= 4 is 23.4 Å². The largest absolute Gasteiger partial charge is 0.530 e. The van der Waals surface area contributed by atoms with E-state index in [1.54, 1.807) is 13.2 Å². The number of amides is 1. The molecule has 13 nitrogen and oxygen atoms in total. The monoisotopic (exact) mass is 621 g/mol. The average molecular weight is 622 g/mol. The molecule has 1 N–H and O–H groups in total. The van der Waals surface area contributed by atoms with Gasteiger partial charge in [-0.1, -0.05) is 0 Å². The number of aromatic nitrogens is 3. The van der Waals surface area contributed by atoms with Crippen molar-refractivity contribution < 1.29 is 32.9 Å². The predicted molar refractivity (Wildman–Crippen MR) is 156 cm³/mol. The smallest absolute Gasteiger partial charge is 0.301 e. The van der Waals surface area contributed by atoms with Crippen LogP contribution < -0.4 is 24.8 Å². The zero-order chi connectivity index (χ0) is 31.6.